The second-order valence-corrected chi connectivity index (χ2v) is 4.77. The Morgan fingerprint density at radius 1 is 1.18 bits per heavy atom. The number of benzene rings is 1. The van der Waals surface area contributed by atoms with Crippen LogP contribution in [0.1, 0.15) is 57.1 Å². The number of hydrogen-bond donors (Lipinski definition) is 1. The summed E-state index contributed by atoms with van der Waals surface area (Å²) in [7, 11) is 0. The van der Waals surface area contributed by atoms with Gasteiger partial charge in [0.1, 0.15) is 0 Å². The summed E-state index contributed by atoms with van der Waals surface area (Å²) < 4.78 is 0. The van der Waals surface area contributed by atoms with Gasteiger partial charge in [0.2, 0.25) is 0 Å². The molecule has 0 saturated heterocycles. The fourth-order valence-corrected chi connectivity index (χ4v) is 2.58. The van der Waals surface area contributed by atoms with Crippen molar-refractivity contribution in [2.24, 2.45) is 5.73 Å². The fourth-order valence-electron chi connectivity index (χ4n) is 2.58. The van der Waals surface area contributed by atoms with Crippen LogP contribution in [-0.2, 0) is 0 Å². The highest BCUT2D eigenvalue weighted by Gasteiger charge is 2.31. The van der Waals surface area contributed by atoms with Crippen LogP contribution in [0.5, 0.6) is 0 Å². The summed E-state index contributed by atoms with van der Waals surface area (Å²) in [4.78, 5) is 0. The molecule has 0 spiro atoms. The van der Waals surface area contributed by atoms with E-state index in [0.29, 0.717) is 5.92 Å². The molecule has 0 aliphatic heterocycles. The third-order valence-corrected chi connectivity index (χ3v) is 3.99. The third kappa shape index (κ3) is 2.98. The summed E-state index contributed by atoms with van der Waals surface area (Å²) in [5, 5.41) is 0. The van der Waals surface area contributed by atoms with Gasteiger partial charge >= 0.3 is 0 Å². The van der Waals surface area contributed by atoms with E-state index in [1.54, 1.807) is 0 Å². The Kier molecular flexibility index (Phi) is 4.95. The van der Waals surface area contributed by atoms with E-state index in [2.05, 4.69) is 51.6 Å². The van der Waals surface area contributed by atoms with Gasteiger partial charge in [-0.3, -0.25) is 0 Å². The zero-order valence-corrected chi connectivity index (χ0v) is 11.4. The lowest BCUT2D eigenvalue weighted by atomic mass is 9.75. The lowest BCUT2D eigenvalue weighted by molar-refractivity contribution is 0.313. The van der Waals surface area contributed by atoms with Crippen LogP contribution in [0.25, 0.3) is 6.08 Å². The van der Waals surface area contributed by atoms with Crippen LogP contribution >= 0.6 is 0 Å². The second-order valence-electron chi connectivity index (χ2n) is 4.77. The highest BCUT2D eigenvalue weighted by Crippen LogP contribution is 2.34. The highest BCUT2D eigenvalue weighted by molar-refractivity contribution is 5.47. The number of rotatable bonds is 6. The van der Waals surface area contributed by atoms with Crippen LogP contribution < -0.4 is 5.73 Å². The van der Waals surface area contributed by atoms with Crippen LogP contribution in [0.3, 0.4) is 0 Å². The molecule has 0 aliphatic rings. The molecule has 0 aliphatic carbocycles. The Labute approximate surface area is 106 Å². The Balaban J connectivity index is 3.04. The monoisotopic (exact) mass is 231 g/mol. The number of nitrogens with two attached hydrogens (primary N) is 1. The lowest BCUT2D eigenvalue weighted by Gasteiger charge is -2.36. The van der Waals surface area contributed by atoms with Gasteiger partial charge in [-0.1, -0.05) is 57.7 Å². The van der Waals surface area contributed by atoms with Crippen LogP contribution in [0.4, 0.5) is 0 Å². The van der Waals surface area contributed by atoms with Crippen molar-refractivity contribution in [3.05, 3.63) is 42.0 Å². The molecule has 1 nitrogen and oxygen atoms in total. The summed E-state index contributed by atoms with van der Waals surface area (Å²) in [5.41, 5.74) is 8.97. The Hall–Kier alpha value is -1.08. The molecule has 0 radical (unpaired) electrons. The molecule has 1 aromatic carbocycles. The Morgan fingerprint density at radius 2 is 1.71 bits per heavy atom. The van der Waals surface area contributed by atoms with Gasteiger partial charge in [-0.2, -0.15) is 0 Å². The van der Waals surface area contributed by atoms with Crippen molar-refractivity contribution in [2.45, 2.75) is 51.5 Å². The van der Waals surface area contributed by atoms with Gasteiger partial charge in [0.05, 0.1) is 0 Å². The topological polar surface area (TPSA) is 26.0 Å². The van der Waals surface area contributed by atoms with E-state index >= 15 is 0 Å². The quantitative estimate of drug-likeness (QED) is 0.774. The highest BCUT2D eigenvalue weighted by atomic mass is 14.8. The molecule has 0 bridgehead atoms. The maximum Gasteiger partial charge on any atom is 0.0218 e. The van der Waals surface area contributed by atoms with Crippen molar-refractivity contribution in [3.8, 4) is 0 Å². The molecular weight excluding hydrogens is 206 g/mol. The average Bonchev–Trinajstić information content (AvgIpc) is 2.40. The standard InChI is InChI=1S/C16H25N/c1-5-13-9-11-14(12-10-13)15(6-2)16(17,7-3)8-4/h5,9-12,15H,1,6-8,17H2,2-4H3. The first-order chi connectivity index (χ1) is 8.11. The summed E-state index contributed by atoms with van der Waals surface area (Å²) in [6.45, 7) is 10.4. The fraction of sp³-hybridized carbons (Fsp3) is 0.500. The SMILES string of the molecule is C=Cc1ccc(C(CC)C(N)(CC)CC)cc1. The van der Waals surface area contributed by atoms with Crippen molar-refractivity contribution in [3.63, 3.8) is 0 Å². The maximum atomic E-state index is 6.53. The van der Waals surface area contributed by atoms with Crippen molar-refractivity contribution < 1.29 is 0 Å². The van der Waals surface area contributed by atoms with E-state index in [1.165, 1.54) is 11.1 Å². The average molecular weight is 231 g/mol. The van der Waals surface area contributed by atoms with Gasteiger partial charge < -0.3 is 5.73 Å². The van der Waals surface area contributed by atoms with Crippen LogP contribution in [0.2, 0.25) is 0 Å². The normalized spacial score (nSPS) is 13.4. The molecule has 2 N–H and O–H groups in total. The molecular formula is C16H25N. The molecule has 1 aromatic rings. The summed E-state index contributed by atoms with van der Waals surface area (Å²) in [5.74, 6) is 0.441. The number of hydrogen-bond acceptors (Lipinski definition) is 1. The molecule has 0 saturated carbocycles. The van der Waals surface area contributed by atoms with E-state index in [9.17, 15) is 0 Å². The minimum absolute atomic E-state index is 0.0789. The van der Waals surface area contributed by atoms with Crippen LogP contribution in [0, 0.1) is 0 Å². The van der Waals surface area contributed by atoms with Crippen LogP contribution in [0.15, 0.2) is 30.8 Å². The van der Waals surface area contributed by atoms with E-state index in [0.717, 1.165) is 19.3 Å². The van der Waals surface area contributed by atoms with Crippen molar-refractivity contribution in [1.29, 1.82) is 0 Å². The summed E-state index contributed by atoms with van der Waals surface area (Å²) in [6, 6.07) is 8.63. The van der Waals surface area contributed by atoms with Crippen molar-refractivity contribution >= 4 is 6.08 Å². The first-order valence-electron chi connectivity index (χ1n) is 6.62. The van der Waals surface area contributed by atoms with E-state index in [-0.39, 0.29) is 5.54 Å². The summed E-state index contributed by atoms with van der Waals surface area (Å²) in [6.07, 6.45) is 5.00. The van der Waals surface area contributed by atoms with E-state index in [4.69, 9.17) is 5.73 Å². The Morgan fingerprint density at radius 3 is 2.06 bits per heavy atom. The molecule has 1 unspecified atom stereocenters. The van der Waals surface area contributed by atoms with Crippen LogP contribution in [-0.4, -0.2) is 5.54 Å². The molecule has 1 rings (SSSR count). The predicted octanol–water partition coefficient (Wildman–Crippen LogP) is 4.34. The third-order valence-electron chi connectivity index (χ3n) is 3.99. The first-order valence-corrected chi connectivity index (χ1v) is 6.62. The van der Waals surface area contributed by atoms with E-state index < -0.39 is 0 Å². The smallest absolute Gasteiger partial charge is 0.0218 e. The van der Waals surface area contributed by atoms with E-state index in [1.807, 2.05) is 6.08 Å². The zero-order valence-electron chi connectivity index (χ0n) is 11.4. The molecule has 0 amide bonds. The van der Waals surface area contributed by atoms with Crippen molar-refractivity contribution in [1.82, 2.24) is 0 Å². The van der Waals surface area contributed by atoms with Gasteiger partial charge in [-0.05, 0) is 30.4 Å². The van der Waals surface area contributed by atoms with Gasteiger partial charge in [0, 0.05) is 11.5 Å². The predicted molar refractivity (Wildman–Crippen MR) is 77.1 cm³/mol. The van der Waals surface area contributed by atoms with Gasteiger partial charge in [0.15, 0.2) is 0 Å². The van der Waals surface area contributed by atoms with Gasteiger partial charge in [-0.25, -0.2) is 0 Å². The molecule has 1 heteroatoms. The minimum Gasteiger partial charge on any atom is -0.325 e. The largest absolute Gasteiger partial charge is 0.325 e. The summed E-state index contributed by atoms with van der Waals surface area (Å²) >= 11 is 0. The van der Waals surface area contributed by atoms with Gasteiger partial charge in [-0.15, -0.1) is 0 Å². The molecule has 0 aromatic heterocycles. The maximum absolute atomic E-state index is 6.53. The molecule has 0 fully saturated rings. The Bertz CT molecular complexity index is 346. The van der Waals surface area contributed by atoms with Crippen molar-refractivity contribution in [2.75, 3.05) is 0 Å². The molecule has 1 atom stereocenters. The molecule has 94 valence electrons. The lowest BCUT2D eigenvalue weighted by Crippen LogP contribution is -2.44. The first kappa shape index (κ1) is 14.0. The molecule has 0 heterocycles. The van der Waals surface area contributed by atoms with Gasteiger partial charge in [0.25, 0.3) is 0 Å². The minimum atomic E-state index is -0.0789. The zero-order chi connectivity index (χ0) is 12.9. The molecule has 17 heavy (non-hydrogen) atoms. The second kappa shape index (κ2) is 6.02.